The Labute approximate surface area is 190 Å². The number of allylic oxidation sites excluding steroid dienone is 1. The molecule has 154 valence electrons. The van der Waals surface area contributed by atoms with E-state index >= 15 is 0 Å². The summed E-state index contributed by atoms with van der Waals surface area (Å²) in [5.74, 6) is 0. The number of fused-ring (bicyclic) bond motifs is 1. The highest BCUT2D eigenvalue weighted by atomic mass is 14.2. The molecular weight excluding hydrogens is 384 g/mol. The third-order valence-corrected chi connectivity index (χ3v) is 6.03. The molecule has 32 heavy (non-hydrogen) atoms. The molecule has 0 heterocycles. The molecule has 0 unspecified atom stereocenters. The fraction of sp³-hybridized carbons (Fsp3) is 0.0625. The van der Waals surface area contributed by atoms with Crippen molar-refractivity contribution < 1.29 is 0 Å². The van der Waals surface area contributed by atoms with Crippen molar-refractivity contribution >= 4 is 16.3 Å². The summed E-state index contributed by atoms with van der Waals surface area (Å²) >= 11 is 0. The second-order valence-corrected chi connectivity index (χ2v) is 8.25. The Kier molecular flexibility index (Phi) is 5.68. The normalized spacial score (nSPS) is 11.6. The number of aryl methyl sites for hydroxylation is 1. The van der Waals surface area contributed by atoms with E-state index in [-0.39, 0.29) is 0 Å². The van der Waals surface area contributed by atoms with Crippen LogP contribution >= 0.6 is 0 Å². The molecule has 0 saturated carbocycles. The minimum Gasteiger partial charge on any atom is -0.0716 e. The first-order valence-corrected chi connectivity index (χ1v) is 11.2. The van der Waals surface area contributed by atoms with Gasteiger partial charge in [0.05, 0.1) is 0 Å². The molecule has 0 aliphatic heterocycles. The molecule has 0 bridgehead atoms. The fourth-order valence-corrected chi connectivity index (χ4v) is 4.35. The predicted molar refractivity (Wildman–Crippen MR) is 138 cm³/mol. The average Bonchev–Trinajstić information content (AvgIpc) is 2.86. The number of benzene rings is 5. The van der Waals surface area contributed by atoms with Crippen molar-refractivity contribution in [1.29, 1.82) is 0 Å². The summed E-state index contributed by atoms with van der Waals surface area (Å²) in [6, 6.07) is 43.6. The molecule has 5 rings (SSSR count). The van der Waals surface area contributed by atoms with E-state index in [9.17, 15) is 0 Å². The van der Waals surface area contributed by atoms with Crippen LogP contribution in [0.4, 0.5) is 0 Å². The molecule has 0 aliphatic carbocycles. The van der Waals surface area contributed by atoms with E-state index in [1.54, 1.807) is 0 Å². The van der Waals surface area contributed by atoms with Gasteiger partial charge in [-0.25, -0.2) is 0 Å². The van der Waals surface area contributed by atoms with Crippen molar-refractivity contribution in [3.05, 3.63) is 150 Å². The summed E-state index contributed by atoms with van der Waals surface area (Å²) in [4.78, 5) is 0. The lowest BCUT2D eigenvalue weighted by atomic mass is 9.86. The molecule has 0 nitrogen and oxygen atoms in total. The van der Waals surface area contributed by atoms with Crippen molar-refractivity contribution in [3.8, 4) is 11.1 Å². The first kappa shape index (κ1) is 20.0. The van der Waals surface area contributed by atoms with E-state index < -0.39 is 0 Å². The Balaban J connectivity index is 1.77. The molecule has 0 aliphatic rings. The van der Waals surface area contributed by atoms with E-state index in [2.05, 4.69) is 134 Å². The van der Waals surface area contributed by atoms with E-state index in [0.717, 1.165) is 6.42 Å². The lowest BCUT2D eigenvalue weighted by Gasteiger charge is -2.18. The monoisotopic (exact) mass is 410 g/mol. The average molecular weight is 411 g/mol. The van der Waals surface area contributed by atoms with E-state index in [0.29, 0.717) is 0 Å². The van der Waals surface area contributed by atoms with Crippen LogP contribution in [0.15, 0.2) is 127 Å². The van der Waals surface area contributed by atoms with Crippen molar-refractivity contribution in [2.24, 2.45) is 0 Å². The molecule has 0 radical (unpaired) electrons. The number of rotatable bonds is 5. The minimum absolute atomic E-state index is 0.891. The van der Waals surface area contributed by atoms with Gasteiger partial charge in [0.25, 0.3) is 0 Å². The molecular formula is C32H26. The third kappa shape index (κ3) is 4.13. The van der Waals surface area contributed by atoms with Crippen molar-refractivity contribution in [2.75, 3.05) is 0 Å². The van der Waals surface area contributed by atoms with Gasteiger partial charge < -0.3 is 0 Å². The molecule has 5 aromatic carbocycles. The molecule has 5 aromatic rings. The Morgan fingerprint density at radius 3 is 2.03 bits per heavy atom. The smallest absolute Gasteiger partial charge is 0.00239 e. The van der Waals surface area contributed by atoms with Crippen LogP contribution < -0.4 is 0 Å². The summed E-state index contributed by atoms with van der Waals surface area (Å²) in [5, 5.41) is 2.55. The van der Waals surface area contributed by atoms with Gasteiger partial charge in [-0.3, -0.25) is 0 Å². The number of hydrogen-bond acceptors (Lipinski definition) is 0. The highest BCUT2D eigenvalue weighted by molar-refractivity contribution is 6.03. The summed E-state index contributed by atoms with van der Waals surface area (Å²) in [6.07, 6.45) is 3.28. The summed E-state index contributed by atoms with van der Waals surface area (Å²) < 4.78 is 0. The lowest BCUT2D eigenvalue weighted by molar-refractivity contribution is 1.27. The zero-order valence-corrected chi connectivity index (χ0v) is 18.3. The maximum atomic E-state index is 2.39. The van der Waals surface area contributed by atoms with E-state index in [1.165, 1.54) is 49.7 Å². The van der Waals surface area contributed by atoms with Crippen LogP contribution in [0, 0.1) is 6.92 Å². The van der Waals surface area contributed by atoms with Gasteiger partial charge in [0.15, 0.2) is 0 Å². The number of hydrogen-bond donors (Lipinski definition) is 0. The van der Waals surface area contributed by atoms with Gasteiger partial charge in [-0.1, -0.05) is 133 Å². The van der Waals surface area contributed by atoms with Crippen LogP contribution in [-0.2, 0) is 6.42 Å². The van der Waals surface area contributed by atoms with Gasteiger partial charge in [0.1, 0.15) is 0 Å². The highest BCUT2D eigenvalue weighted by Gasteiger charge is 2.15. The zero-order chi connectivity index (χ0) is 21.8. The van der Waals surface area contributed by atoms with Crippen LogP contribution in [0.25, 0.3) is 27.5 Å². The standard InChI is InChI=1S/C32H26/c1-24-16-19-28(20-17-24)31-23-21-27-14-8-9-15-29(27)32(31)30(26-12-6-3-7-13-26)22-18-25-10-4-2-5-11-25/h2-17,19-23H,18H2,1H3/b30-22-. The molecule has 0 heteroatoms. The summed E-state index contributed by atoms with van der Waals surface area (Å²) in [6.45, 7) is 2.14. The third-order valence-electron chi connectivity index (χ3n) is 6.03. The van der Waals surface area contributed by atoms with E-state index in [1.807, 2.05) is 0 Å². The Bertz CT molecular complexity index is 1360. The maximum absolute atomic E-state index is 2.39. The Morgan fingerprint density at radius 2 is 1.28 bits per heavy atom. The maximum Gasteiger partial charge on any atom is -0.00239 e. The molecule has 0 N–H and O–H groups in total. The fourth-order valence-electron chi connectivity index (χ4n) is 4.35. The van der Waals surface area contributed by atoms with Crippen LogP contribution in [0.5, 0.6) is 0 Å². The first-order chi connectivity index (χ1) is 15.8. The summed E-state index contributed by atoms with van der Waals surface area (Å²) in [5.41, 5.74) is 8.94. The van der Waals surface area contributed by atoms with Gasteiger partial charge >= 0.3 is 0 Å². The quantitative estimate of drug-likeness (QED) is 0.272. The molecule has 0 aromatic heterocycles. The van der Waals surface area contributed by atoms with Crippen LogP contribution in [0.2, 0.25) is 0 Å². The molecule has 0 saturated heterocycles. The second kappa shape index (κ2) is 9.08. The van der Waals surface area contributed by atoms with Crippen LogP contribution in [-0.4, -0.2) is 0 Å². The van der Waals surface area contributed by atoms with Gasteiger partial charge in [0, 0.05) is 0 Å². The summed E-state index contributed by atoms with van der Waals surface area (Å²) in [7, 11) is 0. The first-order valence-electron chi connectivity index (χ1n) is 11.2. The topological polar surface area (TPSA) is 0 Å². The molecule has 0 atom stereocenters. The van der Waals surface area contributed by atoms with Crippen molar-refractivity contribution in [3.63, 3.8) is 0 Å². The van der Waals surface area contributed by atoms with Crippen LogP contribution in [0.3, 0.4) is 0 Å². The lowest BCUT2D eigenvalue weighted by Crippen LogP contribution is -1.96. The van der Waals surface area contributed by atoms with Gasteiger partial charge in [-0.15, -0.1) is 0 Å². The van der Waals surface area contributed by atoms with Crippen LogP contribution in [0.1, 0.15) is 22.3 Å². The van der Waals surface area contributed by atoms with Gasteiger partial charge in [0.2, 0.25) is 0 Å². The molecule has 0 fully saturated rings. The van der Waals surface area contributed by atoms with E-state index in [4.69, 9.17) is 0 Å². The zero-order valence-electron chi connectivity index (χ0n) is 18.3. The predicted octanol–water partition coefficient (Wildman–Crippen LogP) is 8.49. The van der Waals surface area contributed by atoms with Crippen molar-refractivity contribution in [1.82, 2.24) is 0 Å². The second-order valence-electron chi connectivity index (χ2n) is 8.25. The SMILES string of the molecule is Cc1ccc(-c2ccc3ccccc3c2/C(=C\Cc2ccccc2)c2ccccc2)cc1. The minimum atomic E-state index is 0.891. The van der Waals surface area contributed by atoms with Gasteiger partial charge in [-0.2, -0.15) is 0 Å². The molecule has 0 spiro atoms. The Hall–Kier alpha value is -3.90. The molecule has 0 amide bonds. The van der Waals surface area contributed by atoms with Gasteiger partial charge in [-0.05, 0) is 57.5 Å². The Morgan fingerprint density at radius 1 is 0.625 bits per heavy atom. The van der Waals surface area contributed by atoms with Crippen molar-refractivity contribution in [2.45, 2.75) is 13.3 Å². The highest BCUT2D eigenvalue weighted by Crippen LogP contribution is 2.38. The largest absolute Gasteiger partial charge is 0.0716 e.